The van der Waals surface area contributed by atoms with Gasteiger partial charge in [-0.3, -0.25) is 0 Å². The largest absolute Gasteiger partial charge is 0.396 e. The van der Waals surface area contributed by atoms with E-state index < -0.39 is 0 Å². The minimum atomic E-state index is 0.221. The van der Waals surface area contributed by atoms with E-state index in [2.05, 4.69) is 47.4 Å². The van der Waals surface area contributed by atoms with E-state index >= 15 is 0 Å². The van der Waals surface area contributed by atoms with E-state index in [9.17, 15) is 0 Å². The first-order valence-electron chi connectivity index (χ1n) is 6.08. The van der Waals surface area contributed by atoms with Gasteiger partial charge in [-0.25, -0.2) is 0 Å². The summed E-state index contributed by atoms with van der Waals surface area (Å²) in [6, 6.07) is 9.67. The molecule has 19 heavy (non-hydrogen) atoms. The second-order valence-corrected chi connectivity index (χ2v) is 3.60. The van der Waals surface area contributed by atoms with Crippen LogP contribution in [-0.4, -0.2) is 11.7 Å². The molecule has 0 aliphatic heterocycles. The van der Waals surface area contributed by atoms with Gasteiger partial charge in [-0.1, -0.05) is 30.0 Å². The second-order valence-electron chi connectivity index (χ2n) is 3.60. The molecule has 0 saturated carbocycles. The van der Waals surface area contributed by atoms with Gasteiger partial charge in [-0.15, -0.1) is 0 Å². The summed E-state index contributed by atoms with van der Waals surface area (Å²) in [5.41, 5.74) is 0.938. The number of hydrogen-bond donors (Lipinski definition) is 1. The molecule has 0 heterocycles. The van der Waals surface area contributed by atoms with Crippen molar-refractivity contribution in [2.24, 2.45) is 0 Å². The molecular formula is C18H14O. The highest BCUT2D eigenvalue weighted by Gasteiger charge is 1.80. The Labute approximate surface area is 115 Å². The molecule has 0 unspecified atom stereocenters. The highest BCUT2D eigenvalue weighted by atomic mass is 16.2. The lowest BCUT2D eigenvalue weighted by Crippen LogP contribution is -1.80. The lowest BCUT2D eigenvalue weighted by molar-refractivity contribution is 0.285. The van der Waals surface area contributed by atoms with Gasteiger partial charge in [0, 0.05) is 18.6 Å². The van der Waals surface area contributed by atoms with Crippen molar-refractivity contribution in [3.63, 3.8) is 0 Å². The highest BCUT2D eigenvalue weighted by molar-refractivity contribution is 5.44. The fourth-order valence-corrected chi connectivity index (χ4v) is 1.18. The van der Waals surface area contributed by atoms with Gasteiger partial charge in [0.1, 0.15) is 0 Å². The van der Waals surface area contributed by atoms with Crippen molar-refractivity contribution in [2.75, 3.05) is 6.61 Å². The van der Waals surface area contributed by atoms with Crippen LogP contribution < -0.4 is 0 Å². The number of rotatable bonds is 3. The third-order valence-corrected chi connectivity index (χ3v) is 2.09. The van der Waals surface area contributed by atoms with Gasteiger partial charge in [0.05, 0.1) is 0 Å². The number of hydrogen-bond acceptors (Lipinski definition) is 1. The van der Waals surface area contributed by atoms with Crippen molar-refractivity contribution < 1.29 is 5.11 Å². The van der Waals surface area contributed by atoms with Crippen molar-refractivity contribution in [3.05, 3.63) is 35.9 Å². The van der Waals surface area contributed by atoms with E-state index in [0.717, 1.165) is 24.8 Å². The topological polar surface area (TPSA) is 20.2 Å². The molecule has 0 amide bonds. The minimum Gasteiger partial charge on any atom is -0.396 e. The average molecular weight is 246 g/mol. The fourth-order valence-electron chi connectivity index (χ4n) is 1.18. The summed E-state index contributed by atoms with van der Waals surface area (Å²) < 4.78 is 0. The van der Waals surface area contributed by atoms with Crippen LogP contribution in [-0.2, 0) is 0 Å². The molecule has 92 valence electrons. The van der Waals surface area contributed by atoms with Crippen LogP contribution >= 0.6 is 0 Å². The first kappa shape index (κ1) is 14.5. The maximum Gasteiger partial charge on any atom is 0.0431 e. The fraction of sp³-hybridized carbons (Fsp3) is 0.222. The molecule has 1 heteroatoms. The predicted molar refractivity (Wildman–Crippen MR) is 77.6 cm³/mol. The monoisotopic (exact) mass is 246 g/mol. The standard InChI is InChI=1S/C18H14O/c19-17-13-8-6-4-2-1-3-5-7-10-14-18-15-11-9-12-16-18/h9,11-12,15-16,19H,6,8,13,17H2. The van der Waals surface area contributed by atoms with Gasteiger partial charge in [0.2, 0.25) is 0 Å². The molecule has 0 fully saturated rings. The summed E-state index contributed by atoms with van der Waals surface area (Å²) in [6.07, 6.45) is 2.45. The van der Waals surface area contributed by atoms with Crippen LogP contribution in [0.3, 0.4) is 0 Å². The molecule has 0 saturated heterocycles. The van der Waals surface area contributed by atoms with Gasteiger partial charge in [-0.05, 0) is 60.5 Å². The normalized spacial score (nSPS) is 7.42. The summed E-state index contributed by atoms with van der Waals surface area (Å²) in [5.74, 6) is 21.8. The third-order valence-electron chi connectivity index (χ3n) is 2.09. The lowest BCUT2D eigenvalue weighted by Gasteiger charge is -1.86. The van der Waals surface area contributed by atoms with Crippen molar-refractivity contribution in [1.29, 1.82) is 0 Å². The summed E-state index contributed by atoms with van der Waals surface area (Å²) in [6.45, 7) is 0.221. The summed E-state index contributed by atoms with van der Waals surface area (Å²) >= 11 is 0. The zero-order chi connectivity index (χ0) is 13.6. The van der Waals surface area contributed by atoms with Gasteiger partial charge >= 0.3 is 0 Å². The molecule has 0 bridgehead atoms. The van der Waals surface area contributed by atoms with E-state index in [-0.39, 0.29) is 6.61 Å². The Morgan fingerprint density at radius 2 is 1.47 bits per heavy atom. The maximum atomic E-state index is 8.56. The Balaban J connectivity index is 2.35. The van der Waals surface area contributed by atoms with Crippen molar-refractivity contribution >= 4 is 0 Å². The van der Waals surface area contributed by atoms with Crippen LogP contribution in [0.1, 0.15) is 24.8 Å². The van der Waals surface area contributed by atoms with E-state index in [1.165, 1.54) is 0 Å². The van der Waals surface area contributed by atoms with Crippen LogP contribution in [0.2, 0.25) is 0 Å². The SMILES string of the molecule is OCCCCC#CC#CC#CC#Cc1ccccc1. The van der Waals surface area contributed by atoms with E-state index in [1.54, 1.807) is 0 Å². The molecule has 1 N–H and O–H groups in total. The first-order valence-corrected chi connectivity index (χ1v) is 6.08. The molecule has 1 aromatic rings. The van der Waals surface area contributed by atoms with Crippen LogP contribution in [0.5, 0.6) is 0 Å². The lowest BCUT2D eigenvalue weighted by atomic mass is 10.2. The molecule has 0 atom stereocenters. The Morgan fingerprint density at radius 1 is 0.789 bits per heavy atom. The Hall–Kier alpha value is -2.58. The average Bonchev–Trinajstić information content (AvgIpc) is 2.46. The summed E-state index contributed by atoms with van der Waals surface area (Å²) in [4.78, 5) is 0. The molecule has 0 aliphatic carbocycles. The van der Waals surface area contributed by atoms with Gasteiger partial charge in [0.15, 0.2) is 0 Å². The zero-order valence-electron chi connectivity index (χ0n) is 10.7. The molecule has 1 aromatic carbocycles. The van der Waals surface area contributed by atoms with E-state index in [1.807, 2.05) is 30.3 Å². The molecule has 0 aliphatic rings. The number of benzene rings is 1. The van der Waals surface area contributed by atoms with Crippen molar-refractivity contribution in [2.45, 2.75) is 19.3 Å². The maximum absolute atomic E-state index is 8.56. The molecule has 0 spiro atoms. The van der Waals surface area contributed by atoms with E-state index in [0.29, 0.717) is 0 Å². The summed E-state index contributed by atoms with van der Waals surface area (Å²) in [7, 11) is 0. The van der Waals surface area contributed by atoms with Gasteiger partial charge in [0.25, 0.3) is 0 Å². The third kappa shape index (κ3) is 8.18. The number of unbranched alkanes of at least 4 members (excludes halogenated alkanes) is 2. The van der Waals surface area contributed by atoms with Crippen LogP contribution in [0.15, 0.2) is 30.3 Å². The van der Waals surface area contributed by atoms with Crippen LogP contribution in [0.25, 0.3) is 0 Å². The van der Waals surface area contributed by atoms with Crippen LogP contribution in [0, 0.1) is 47.4 Å². The minimum absolute atomic E-state index is 0.221. The molecule has 0 radical (unpaired) electrons. The number of aliphatic hydroxyl groups excluding tert-OH is 1. The van der Waals surface area contributed by atoms with Crippen LogP contribution in [0.4, 0.5) is 0 Å². The van der Waals surface area contributed by atoms with E-state index in [4.69, 9.17) is 5.11 Å². The smallest absolute Gasteiger partial charge is 0.0431 e. The second kappa shape index (κ2) is 10.6. The predicted octanol–water partition coefficient (Wildman–Crippen LogP) is 2.21. The first-order chi connectivity index (χ1) is 9.43. The quantitative estimate of drug-likeness (QED) is 0.640. The molecular weight excluding hydrogens is 232 g/mol. The molecule has 0 aromatic heterocycles. The van der Waals surface area contributed by atoms with Gasteiger partial charge in [-0.2, -0.15) is 0 Å². The molecule has 1 rings (SSSR count). The molecule has 1 nitrogen and oxygen atoms in total. The highest BCUT2D eigenvalue weighted by Crippen LogP contribution is 1.94. The Bertz CT molecular complexity index is 610. The van der Waals surface area contributed by atoms with Gasteiger partial charge < -0.3 is 5.11 Å². The zero-order valence-corrected chi connectivity index (χ0v) is 10.7. The Kier molecular flexibility index (Phi) is 8.05. The summed E-state index contributed by atoms with van der Waals surface area (Å²) in [5, 5.41) is 8.56. The van der Waals surface area contributed by atoms with Crippen molar-refractivity contribution in [1.82, 2.24) is 0 Å². The van der Waals surface area contributed by atoms with Crippen molar-refractivity contribution in [3.8, 4) is 47.4 Å². The number of aliphatic hydroxyl groups is 1. The Morgan fingerprint density at radius 3 is 2.21 bits per heavy atom.